The smallest absolute Gasteiger partial charge is 0.410 e. The second-order valence-electron chi connectivity index (χ2n) is 10.6. The molecule has 38 heavy (non-hydrogen) atoms. The van der Waals surface area contributed by atoms with E-state index in [0.717, 1.165) is 54.7 Å². The molecule has 2 N–H and O–H groups in total. The van der Waals surface area contributed by atoms with Crippen LogP contribution in [0.3, 0.4) is 0 Å². The number of benzene rings is 3. The summed E-state index contributed by atoms with van der Waals surface area (Å²) in [6.45, 7) is 2.69. The lowest BCUT2D eigenvalue weighted by molar-refractivity contribution is -0.0535. The molecule has 0 bridgehead atoms. The number of carbonyl (C=O) groups is 2. The van der Waals surface area contributed by atoms with Crippen LogP contribution in [0.2, 0.25) is 0 Å². The summed E-state index contributed by atoms with van der Waals surface area (Å²) in [5.74, 6) is -0.0689. The van der Waals surface area contributed by atoms with E-state index in [0.29, 0.717) is 32.8 Å². The van der Waals surface area contributed by atoms with Crippen molar-refractivity contribution in [3.8, 4) is 0 Å². The normalized spacial score (nSPS) is 21.0. The molecule has 5 aromatic rings. The van der Waals surface area contributed by atoms with Gasteiger partial charge >= 0.3 is 6.09 Å². The van der Waals surface area contributed by atoms with E-state index in [9.17, 15) is 14.7 Å². The predicted octanol–water partition coefficient (Wildman–Crippen LogP) is 3.36. The minimum absolute atomic E-state index is 0.0689. The molecule has 1 unspecified atom stereocenters. The lowest BCUT2D eigenvalue weighted by atomic mass is 9.97. The molecule has 0 aliphatic carbocycles. The Bertz CT molecular complexity index is 1830. The van der Waals surface area contributed by atoms with E-state index in [-0.39, 0.29) is 25.6 Å². The molecule has 2 aromatic heterocycles. The van der Waals surface area contributed by atoms with Crippen LogP contribution in [0.5, 0.6) is 0 Å². The van der Waals surface area contributed by atoms with Crippen molar-refractivity contribution < 1.29 is 24.2 Å². The SMILES string of the molecule is O=C1NCc2c1c1c3ccccc3n3c1c1c2c2ccccc2n1CC(O)(COC(=O)N1CCOCC1)C3. The van der Waals surface area contributed by atoms with E-state index in [4.69, 9.17) is 9.47 Å². The number of para-hydroxylation sites is 2. The predicted molar refractivity (Wildman–Crippen MR) is 142 cm³/mol. The molecular weight excluding hydrogens is 484 g/mol. The highest BCUT2D eigenvalue weighted by atomic mass is 16.6. The molecule has 192 valence electrons. The van der Waals surface area contributed by atoms with Gasteiger partial charge < -0.3 is 33.9 Å². The zero-order chi connectivity index (χ0) is 25.6. The van der Waals surface area contributed by atoms with Crippen molar-refractivity contribution in [3.63, 3.8) is 0 Å². The van der Waals surface area contributed by atoms with E-state index in [1.54, 1.807) is 4.90 Å². The van der Waals surface area contributed by atoms with E-state index in [1.807, 2.05) is 36.4 Å². The zero-order valence-electron chi connectivity index (χ0n) is 20.7. The molecule has 3 aromatic carbocycles. The Labute approximate surface area is 217 Å². The molecule has 1 saturated heterocycles. The number of nitrogens with one attached hydrogen (secondary N) is 1. The maximum absolute atomic E-state index is 13.2. The van der Waals surface area contributed by atoms with Gasteiger partial charge in [0.25, 0.3) is 5.91 Å². The van der Waals surface area contributed by atoms with E-state index in [2.05, 4.69) is 26.6 Å². The molecular formula is C29H26N4O5. The fraction of sp³-hybridized carbons (Fsp3) is 0.310. The summed E-state index contributed by atoms with van der Waals surface area (Å²) in [7, 11) is 0. The number of carbonyl (C=O) groups excluding carboxylic acids is 2. The van der Waals surface area contributed by atoms with Crippen molar-refractivity contribution >= 4 is 55.6 Å². The number of fused-ring (bicyclic) bond motifs is 9. The first-order valence-electron chi connectivity index (χ1n) is 13.0. The van der Waals surface area contributed by atoms with Crippen LogP contribution in [0, 0.1) is 0 Å². The summed E-state index contributed by atoms with van der Waals surface area (Å²) >= 11 is 0. The summed E-state index contributed by atoms with van der Waals surface area (Å²) in [6.07, 6.45) is -0.441. The summed E-state index contributed by atoms with van der Waals surface area (Å²) < 4.78 is 15.4. The molecule has 1 fully saturated rings. The number of amides is 2. The number of ether oxygens (including phenoxy) is 2. The number of hydrogen-bond acceptors (Lipinski definition) is 5. The first-order valence-corrected chi connectivity index (χ1v) is 13.0. The fourth-order valence-corrected chi connectivity index (χ4v) is 6.71. The van der Waals surface area contributed by atoms with Gasteiger partial charge in [-0.2, -0.15) is 0 Å². The van der Waals surface area contributed by atoms with Crippen LogP contribution in [0.25, 0.3) is 43.6 Å². The zero-order valence-corrected chi connectivity index (χ0v) is 20.7. The van der Waals surface area contributed by atoms with Gasteiger partial charge in [-0.05, 0) is 17.7 Å². The Morgan fingerprint density at radius 3 is 2.24 bits per heavy atom. The van der Waals surface area contributed by atoms with Gasteiger partial charge in [-0.15, -0.1) is 0 Å². The second-order valence-corrected chi connectivity index (χ2v) is 10.6. The van der Waals surface area contributed by atoms with Gasteiger partial charge in [0, 0.05) is 52.2 Å². The molecule has 5 heterocycles. The van der Waals surface area contributed by atoms with Crippen molar-refractivity contribution in [2.24, 2.45) is 0 Å². The summed E-state index contributed by atoms with van der Waals surface area (Å²) in [5.41, 5.74) is 4.19. The van der Waals surface area contributed by atoms with Gasteiger partial charge in [0.2, 0.25) is 0 Å². The van der Waals surface area contributed by atoms with Crippen LogP contribution in [0.4, 0.5) is 4.79 Å². The van der Waals surface area contributed by atoms with Gasteiger partial charge in [0.1, 0.15) is 12.2 Å². The van der Waals surface area contributed by atoms with Crippen molar-refractivity contribution in [3.05, 3.63) is 59.7 Å². The van der Waals surface area contributed by atoms with Crippen molar-refractivity contribution in [1.29, 1.82) is 0 Å². The molecule has 0 spiro atoms. The summed E-state index contributed by atoms with van der Waals surface area (Å²) in [5, 5.41) is 19.2. The quantitative estimate of drug-likeness (QED) is 0.380. The maximum Gasteiger partial charge on any atom is 0.410 e. The van der Waals surface area contributed by atoms with Gasteiger partial charge in [-0.25, -0.2) is 4.79 Å². The number of nitrogens with zero attached hydrogens (tertiary/aromatic N) is 3. The molecule has 3 aliphatic heterocycles. The van der Waals surface area contributed by atoms with Crippen LogP contribution in [0.15, 0.2) is 48.5 Å². The third-order valence-corrected chi connectivity index (χ3v) is 8.31. The molecule has 9 heteroatoms. The fourth-order valence-electron chi connectivity index (χ4n) is 6.71. The lowest BCUT2D eigenvalue weighted by Gasteiger charge is -2.31. The van der Waals surface area contributed by atoms with Crippen molar-refractivity contribution in [1.82, 2.24) is 19.4 Å². The number of hydrogen-bond donors (Lipinski definition) is 2. The minimum atomic E-state index is -1.38. The van der Waals surface area contributed by atoms with Crippen LogP contribution < -0.4 is 5.32 Å². The average Bonchev–Trinajstić information content (AvgIpc) is 3.55. The van der Waals surface area contributed by atoms with Crippen molar-refractivity contribution in [2.75, 3.05) is 32.9 Å². The number of aromatic nitrogens is 2. The average molecular weight is 511 g/mol. The minimum Gasteiger partial charge on any atom is -0.446 e. The van der Waals surface area contributed by atoms with Gasteiger partial charge in [-0.1, -0.05) is 36.4 Å². The maximum atomic E-state index is 13.2. The first kappa shape index (κ1) is 22.0. The summed E-state index contributed by atoms with van der Waals surface area (Å²) in [6, 6.07) is 16.1. The molecule has 2 amide bonds. The van der Waals surface area contributed by atoms with Crippen LogP contribution in [0.1, 0.15) is 15.9 Å². The Kier molecular flexibility index (Phi) is 4.46. The van der Waals surface area contributed by atoms with E-state index < -0.39 is 11.7 Å². The highest BCUT2D eigenvalue weighted by Crippen LogP contribution is 2.46. The van der Waals surface area contributed by atoms with Crippen LogP contribution >= 0.6 is 0 Å². The van der Waals surface area contributed by atoms with Gasteiger partial charge in [-0.3, -0.25) is 4.79 Å². The third-order valence-electron chi connectivity index (χ3n) is 8.31. The van der Waals surface area contributed by atoms with E-state index in [1.165, 1.54) is 0 Å². The number of rotatable bonds is 2. The third kappa shape index (κ3) is 2.88. The Morgan fingerprint density at radius 2 is 1.55 bits per heavy atom. The molecule has 0 radical (unpaired) electrons. The topological polar surface area (TPSA) is 98.0 Å². The Morgan fingerprint density at radius 1 is 0.947 bits per heavy atom. The van der Waals surface area contributed by atoms with E-state index >= 15 is 0 Å². The van der Waals surface area contributed by atoms with Crippen LogP contribution in [-0.4, -0.2) is 69.7 Å². The molecule has 9 nitrogen and oxygen atoms in total. The Balaban J connectivity index is 1.39. The van der Waals surface area contributed by atoms with Crippen molar-refractivity contribution in [2.45, 2.75) is 25.2 Å². The first-order chi connectivity index (χ1) is 18.5. The highest BCUT2D eigenvalue weighted by molar-refractivity contribution is 6.30. The molecule has 0 saturated carbocycles. The largest absolute Gasteiger partial charge is 0.446 e. The second kappa shape index (κ2) is 7.72. The number of morpholine rings is 1. The Hall–Kier alpha value is -4.08. The monoisotopic (exact) mass is 510 g/mol. The molecule has 8 rings (SSSR count). The highest BCUT2D eigenvalue weighted by Gasteiger charge is 2.39. The summed E-state index contributed by atoms with van der Waals surface area (Å²) in [4.78, 5) is 27.7. The van der Waals surface area contributed by atoms with Gasteiger partial charge in [0.05, 0.1) is 42.9 Å². The number of aliphatic hydroxyl groups is 1. The van der Waals surface area contributed by atoms with Gasteiger partial charge in [0.15, 0.2) is 0 Å². The molecule has 3 aliphatic rings. The molecule has 1 atom stereocenters. The standard InChI is InChI=1S/C29H26N4O5/c34-27-24-19(13-30-27)22-17-5-1-3-7-20(17)32-14-29(36,16-38-28(35)31-9-11-37-12-10-31)15-33-21-8-4-2-6-18(21)23(24)26(33)25(22)32/h1-8,36H,9-16H2,(H,30,34). The lowest BCUT2D eigenvalue weighted by Crippen LogP contribution is -2.46. The van der Waals surface area contributed by atoms with Crippen LogP contribution in [-0.2, 0) is 29.1 Å².